The smallest absolute Gasteiger partial charge is 0.248 e. The lowest BCUT2D eigenvalue weighted by molar-refractivity contribution is 0.100. The molecule has 0 aliphatic heterocycles. The summed E-state index contributed by atoms with van der Waals surface area (Å²) in [5, 5.41) is 5.82. The highest BCUT2D eigenvalue weighted by Crippen LogP contribution is 2.22. The Labute approximate surface area is 160 Å². The van der Waals surface area contributed by atoms with E-state index in [0.29, 0.717) is 22.7 Å². The first kappa shape index (κ1) is 18.7. The molecule has 3 aromatic rings. The zero-order valence-corrected chi connectivity index (χ0v) is 14.6. The Hall–Kier alpha value is -4.12. The summed E-state index contributed by atoms with van der Waals surface area (Å²) >= 11 is 0. The normalized spacial score (nSPS) is 10.0. The van der Waals surface area contributed by atoms with E-state index in [0.717, 1.165) is 6.20 Å². The van der Waals surface area contributed by atoms with Gasteiger partial charge < -0.3 is 21.1 Å². The molecule has 1 heterocycles. The zero-order valence-electron chi connectivity index (χ0n) is 14.6. The number of nitrogens with two attached hydrogens (primary N) is 1. The summed E-state index contributed by atoms with van der Waals surface area (Å²) in [4.78, 5) is 19.2. The van der Waals surface area contributed by atoms with Crippen molar-refractivity contribution in [2.75, 3.05) is 17.2 Å². The average molecular weight is 377 g/mol. The van der Waals surface area contributed by atoms with Crippen LogP contribution in [-0.4, -0.2) is 22.5 Å². The molecule has 0 radical (unpaired) electrons. The van der Waals surface area contributed by atoms with Gasteiger partial charge in [0.15, 0.2) is 11.6 Å². The van der Waals surface area contributed by atoms with Crippen molar-refractivity contribution >= 4 is 29.0 Å². The lowest BCUT2D eigenvalue weighted by Gasteiger charge is -2.10. The van der Waals surface area contributed by atoms with Crippen LogP contribution in [0, 0.1) is 18.2 Å². The second-order valence-electron chi connectivity index (χ2n) is 5.60. The number of nitrogens with one attached hydrogen (secondary N) is 2. The summed E-state index contributed by atoms with van der Waals surface area (Å²) in [6.45, 7) is 0.169. The highest BCUT2D eigenvalue weighted by molar-refractivity contribution is 5.93. The van der Waals surface area contributed by atoms with Crippen molar-refractivity contribution in [2.24, 2.45) is 5.73 Å². The Morgan fingerprint density at radius 2 is 1.75 bits per heavy atom. The standard InChI is InChI=1S/C20H16FN5O2/c1-2-11-28-16-9-7-14(8-10-16)24-19-17(21)12-23-20(26-19)25-15-5-3-13(4-6-15)18(22)27/h1,3-10,12H,11H2,(H2,22,27)(H2,23,24,25,26). The third-order valence-corrected chi connectivity index (χ3v) is 3.61. The zero-order chi connectivity index (χ0) is 19.9. The van der Waals surface area contributed by atoms with Crippen LogP contribution in [0.25, 0.3) is 0 Å². The summed E-state index contributed by atoms with van der Waals surface area (Å²) < 4.78 is 19.4. The van der Waals surface area contributed by atoms with Gasteiger partial charge in [-0.25, -0.2) is 9.37 Å². The molecule has 1 amide bonds. The Bertz CT molecular complexity index is 1010. The molecule has 0 saturated carbocycles. The number of anilines is 4. The van der Waals surface area contributed by atoms with Crippen LogP contribution < -0.4 is 21.1 Å². The number of primary amides is 1. The number of nitrogens with zero attached hydrogens (tertiary/aromatic N) is 2. The molecule has 0 spiro atoms. The maximum atomic E-state index is 14.1. The largest absolute Gasteiger partial charge is 0.481 e. The summed E-state index contributed by atoms with van der Waals surface area (Å²) in [6.07, 6.45) is 6.20. The summed E-state index contributed by atoms with van der Waals surface area (Å²) in [5.74, 6) is 2.04. The van der Waals surface area contributed by atoms with Crippen LogP contribution in [-0.2, 0) is 0 Å². The van der Waals surface area contributed by atoms with Gasteiger partial charge in [-0.05, 0) is 48.5 Å². The van der Waals surface area contributed by atoms with Crippen molar-refractivity contribution in [3.63, 3.8) is 0 Å². The fourth-order valence-electron chi connectivity index (χ4n) is 2.26. The quantitative estimate of drug-likeness (QED) is 0.547. The highest BCUT2D eigenvalue weighted by Gasteiger charge is 2.08. The minimum Gasteiger partial charge on any atom is -0.481 e. The van der Waals surface area contributed by atoms with Crippen LogP contribution in [0.2, 0.25) is 0 Å². The SMILES string of the molecule is C#CCOc1ccc(Nc2nc(Nc3ccc(C(N)=O)cc3)ncc2F)cc1. The fourth-order valence-corrected chi connectivity index (χ4v) is 2.26. The van der Waals surface area contributed by atoms with E-state index < -0.39 is 11.7 Å². The van der Waals surface area contributed by atoms with E-state index in [1.807, 2.05) is 0 Å². The molecule has 8 heteroatoms. The van der Waals surface area contributed by atoms with Crippen LogP contribution in [0.5, 0.6) is 5.75 Å². The number of benzene rings is 2. The minimum absolute atomic E-state index is 0.00329. The number of terminal acetylenes is 1. The number of hydrogen-bond donors (Lipinski definition) is 3. The molecule has 1 aromatic heterocycles. The van der Waals surface area contributed by atoms with E-state index in [9.17, 15) is 9.18 Å². The van der Waals surface area contributed by atoms with Gasteiger partial charge in [0.05, 0.1) is 6.20 Å². The van der Waals surface area contributed by atoms with E-state index in [1.54, 1.807) is 48.5 Å². The molecule has 4 N–H and O–H groups in total. The van der Waals surface area contributed by atoms with Crippen LogP contribution >= 0.6 is 0 Å². The molecular weight excluding hydrogens is 361 g/mol. The second kappa shape index (κ2) is 8.51. The van der Waals surface area contributed by atoms with Crippen molar-refractivity contribution in [1.29, 1.82) is 0 Å². The maximum absolute atomic E-state index is 14.1. The molecule has 0 fully saturated rings. The van der Waals surface area contributed by atoms with E-state index in [2.05, 4.69) is 26.5 Å². The molecule has 140 valence electrons. The summed E-state index contributed by atoms with van der Waals surface area (Å²) in [5.41, 5.74) is 6.82. The number of carbonyl (C=O) groups is 1. The summed E-state index contributed by atoms with van der Waals surface area (Å²) in [6, 6.07) is 13.3. The van der Waals surface area contributed by atoms with Crippen molar-refractivity contribution in [3.8, 4) is 18.1 Å². The number of ether oxygens (including phenoxy) is 1. The first-order chi connectivity index (χ1) is 13.5. The van der Waals surface area contributed by atoms with Crippen LogP contribution in [0.15, 0.2) is 54.7 Å². The molecule has 0 unspecified atom stereocenters. The maximum Gasteiger partial charge on any atom is 0.248 e. The van der Waals surface area contributed by atoms with Gasteiger partial charge in [-0.1, -0.05) is 5.92 Å². The Morgan fingerprint density at radius 3 is 2.39 bits per heavy atom. The predicted octanol–water partition coefficient (Wildman–Crippen LogP) is 3.21. The van der Waals surface area contributed by atoms with Gasteiger partial charge >= 0.3 is 0 Å². The number of rotatable bonds is 7. The van der Waals surface area contributed by atoms with Crippen LogP contribution in [0.4, 0.5) is 27.5 Å². The third kappa shape index (κ3) is 4.74. The molecule has 0 atom stereocenters. The lowest BCUT2D eigenvalue weighted by atomic mass is 10.2. The van der Waals surface area contributed by atoms with Gasteiger partial charge in [0.25, 0.3) is 0 Å². The van der Waals surface area contributed by atoms with Crippen LogP contribution in [0.1, 0.15) is 10.4 Å². The van der Waals surface area contributed by atoms with E-state index >= 15 is 0 Å². The lowest BCUT2D eigenvalue weighted by Crippen LogP contribution is -2.10. The number of hydrogen-bond acceptors (Lipinski definition) is 6. The predicted molar refractivity (Wildman–Crippen MR) is 104 cm³/mol. The topological polar surface area (TPSA) is 102 Å². The first-order valence-electron chi connectivity index (χ1n) is 8.18. The fraction of sp³-hybridized carbons (Fsp3) is 0.0500. The van der Waals surface area contributed by atoms with Gasteiger partial charge in [-0.2, -0.15) is 4.98 Å². The highest BCUT2D eigenvalue weighted by atomic mass is 19.1. The molecule has 7 nitrogen and oxygen atoms in total. The van der Waals surface area contributed by atoms with E-state index in [1.165, 1.54) is 0 Å². The Balaban J connectivity index is 1.72. The van der Waals surface area contributed by atoms with Gasteiger partial charge in [0.2, 0.25) is 11.9 Å². The van der Waals surface area contributed by atoms with Gasteiger partial charge in [0.1, 0.15) is 12.4 Å². The molecule has 28 heavy (non-hydrogen) atoms. The van der Waals surface area contributed by atoms with Gasteiger partial charge in [-0.3, -0.25) is 4.79 Å². The first-order valence-corrected chi connectivity index (χ1v) is 8.18. The van der Waals surface area contributed by atoms with Gasteiger partial charge in [0, 0.05) is 16.9 Å². The second-order valence-corrected chi connectivity index (χ2v) is 5.60. The molecule has 0 aliphatic rings. The van der Waals surface area contributed by atoms with E-state index in [4.69, 9.17) is 16.9 Å². The molecule has 2 aromatic carbocycles. The Morgan fingerprint density at radius 1 is 1.11 bits per heavy atom. The van der Waals surface area contributed by atoms with E-state index in [-0.39, 0.29) is 18.4 Å². The molecule has 0 bridgehead atoms. The minimum atomic E-state index is -0.609. The molecule has 3 rings (SSSR count). The van der Waals surface area contributed by atoms with Crippen molar-refractivity contribution < 1.29 is 13.9 Å². The van der Waals surface area contributed by atoms with Crippen molar-refractivity contribution in [2.45, 2.75) is 0 Å². The summed E-state index contributed by atoms with van der Waals surface area (Å²) in [7, 11) is 0. The number of carbonyl (C=O) groups excluding carboxylic acids is 1. The monoisotopic (exact) mass is 377 g/mol. The number of halogens is 1. The van der Waals surface area contributed by atoms with Crippen LogP contribution in [0.3, 0.4) is 0 Å². The molecule has 0 saturated heterocycles. The van der Waals surface area contributed by atoms with Gasteiger partial charge in [-0.15, -0.1) is 6.42 Å². The average Bonchev–Trinajstić information content (AvgIpc) is 2.70. The third-order valence-electron chi connectivity index (χ3n) is 3.61. The number of amides is 1. The number of aromatic nitrogens is 2. The molecular formula is C20H16FN5O2. The van der Waals surface area contributed by atoms with Crippen molar-refractivity contribution in [3.05, 3.63) is 66.1 Å². The molecule has 0 aliphatic carbocycles. The Kier molecular flexibility index (Phi) is 5.67. The van der Waals surface area contributed by atoms with Crippen molar-refractivity contribution in [1.82, 2.24) is 9.97 Å².